The molecule has 0 aliphatic carbocycles. The minimum Gasteiger partial charge on any atom is -0.360 e. The van der Waals surface area contributed by atoms with Crippen molar-refractivity contribution in [3.05, 3.63) is 65.2 Å². The number of aryl methyl sites for hydroxylation is 3. The quantitative estimate of drug-likeness (QED) is 0.788. The summed E-state index contributed by atoms with van der Waals surface area (Å²) in [7, 11) is 0. The maximum atomic E-state index is 5.41. The fraction of sp³-hybridized carbons (Fsp3) is 0.316. The van der Waals surface area contributed by atoms with E-state index in [2.05, 4.69) is 73.9 Å². The zero-order chi connectivity index (χ0) is 15.9. The van der Waals surface area contributed by atoms with Crippen LogP contribution in [0.25, 0.3) is 0 Å². The van der Waals surface area contributed by atoms with Crippen molar-refractivity contribution in [1.29, 1.82) is 0 Å². The molecule has 0 amide bonds. The number of benzene rings is 2. The Morgan fingerprint density at radius 3 is 2.32 bits per heavy atom. The Balaban J connectivity index is 1.81. The summed E-state index contributed by atoms with van der Waals surface area (Å²) in [5, 5.41) is 7.32. The Kier molecular flexibility index (Phi) is 5.96. The van der Waals surface area contributed by atoms with E-state index in [9.17, 15) is 0 Å². The molecule has 2 N–H and O–H groups in total. The predicted octanol–water partition coefficient (Wildman–Crippen LogP) is 4.61. The van der Waals surface area contributed by atoms with Crippen molar-refractivity contribution in [1.82, 2.24) is 5.32 Å². The summed E-state index contributed by atoms with van der Waals surface area (Å²) < 4.78 is 0. The molecule has 0 fully saturated rings. The molecule has 0 spiro atoms. The molecule has 0 saturated heterocycles. The number of rotatable bonds is 5. The van der Waals surface area contributed by atoms with E-state index in [1.807, 2.05) is 6.07 Å². The van der Waals surface area contributed by atoms with Crippen LogP contribution in [0.2, 0.25) is 0 Å². The summed E-state index contributed by atoms with van der Waals surface area (Å²) in [6.45, 7) is 6.35. The fourth-order valence-electron chi connectivity index (χ4n) is 2.54. The summed E-state index contributed by atoms with van der Waals surface area (Å²) in [6, 6.07) is 17.3. The van der Waals surface area contributed by atoms with Crippen LogP contribution in [0.4, 0.5) is 5.69 Å². The molecular formula is C19H24N2S. The van der Waals surface area contributed by atoms with E-state index in [4.69, 9.17) is 12.2 Å². The lowest BCUT2D eigenvalue weighted by molar-refractivity contribution is 0.609. The second-order valence-corrected chi connectivity index (χ2v) is 6.31. The first kappa shape index (κ1) is 16.5. The molecule has 0 bridgehead atoms. The van der Waals surface area contributed by atoms with Crippen LogP contribution in [0.15, 0.2) is 48.5 Å². The van der Waals surface area contributed by atoms with Crippen LogP contribution in [-0.2, 0) is 6.42 Å². The van der Waals surface area contributed by atoms with E-state index in [0.717, 1.165) is 18.5 Å². The highest BCUT2D eigenvalue weighted by atomic mass is 32.1. The lowest BCUT2D eigenvalue weighted by Crippen LogP contribution is -2.36. The van der Waals surface area contributed by atoms with E-state index in [1.54, 1.807) is 0 Å². The van der Waals surface area contributed by atoms with Gasteiger partial charge in [-0.3, -0.25) is 0 Å². The van der Waals surface area contributed by atoms with Crippen molar-refractivity contribution in [2.24, 2.45) is 0 Å². The van der Waals surface area contributed by atoms with Crippen LogP contribution in [0, 0.1) is 13.8 Å². The van der Waals surface area contributed by atoms with Crippen LogP contribution >= 0.6 is 12.2 Å². The lowest BCUT2D eigenvalue weighted by atomic mass is 10.1. The Labute approximate surface area is 139 Å². The topological polar surface area (TPSA) is 24.1 Å². The third-order valence-corrected chi connectivity index (χ3v) is 3.79. The molecule has 0 heterocycles. The van der Waals surface area contributed by atoms with Gasteiger partial charge in [-0.25, -0.2) is 0 Å². The van der Waals surface area contributed by atoms with Gasteiger partial charge >= 0.3 is 0 Å². The largest absolute Gasteiger partial charge is 0.360 e. The highest BCUT2D eigenvalue weighted by Gasteiger charge is 2.05. The number of nitrogens with one attached hydrogen (secondary N) is 2. The zero-order valence-electron chi connectivity index (χ0n) is 13.5. The summed E-state index contributed by atoms with van der Waals surface area (Å²) in [6.07, 6.45) is 2.11. The summed E-state index contributed by atoms with van der Waals surface area (Å²) >= 11 is 5.41. The number of thiocarbonyl (C=S) groups is 1. The van der Waals surface area contributed by atoms with Crippen LogP contribution in [0.3, 0.4) is 0 Å². The van der Waals surface area contributed by atoms with E-state index in [1.165, 1.54) is 16.7 Å². The Morgan fingerprint density at radius 1 is 1.05 bits per heavy atom. The van der Waals surface area contributed by atoms with E-state index in [-0.39, 0.29) is 0 Å². The molecule has 0 radical (unpaired) electrons. The average Bonchev–Trinajstić information content (AvgIpc) is 2.45. The molecule has 0 aliphatic heterocycles. The van der Waals surface area contributed by atoms with Crippen LogP contribution in [0.5, 0.6) is 0 Å². The molecule has 2 aromatic carbocycles. The van der Waals surface area contributed by atoms with Gasteiger partial charge in [0.25, 0.3) is 0 Å². The van der Waals surface area contributed by atoms with E-state index in [0.29, 0.717) is 11.2 Å². The predicted molar refractivity (Wildman–Crippen MR) is 99.5 cm³/mol. The average molecular weight is 312 g/mol. The second-order valence-electron chi connectivity index (χ2n) is 5.90. The lowest BCUT2D eigenvalue weighted by Gasteiger charge is -2.17. The zero-order valence-corrected chi connectivity index (χ0v) is 14.3. The van der Waals surface area contributed by atoms with Crippen LogP contribution < -0.4 is 10.6 Å². The molecule has 116 valence electrons. The highest BCUT2D eigenvalue weighted by Crippen LogP contribution is 2.13. The fourth-order valence-corrected chi connectivity index (χ4v) is 2.86. The smallest absolute Gasteiger partial charge is 0.170 e. The Hall–Kier alpha value is -1.87. The van der Waals surface area contributed by atoms with Gasteiger partial charge in [-0.2, -0.15) is 0 Å². The summed E-state index contributed by atoms with van der Waals surface area (Å²) in [5.74, 6) is 0. The van der Waals surface area contributed by atoms with Gasteiger partial charge in [0.15, 0.2) is 5.11 Å². The molecule has 22 heavy (non-hydrogen) atoms. The van der Waals surface area contributed by atoms with E-state index >= 15 is 0 Å². The van der Waals surface area contributed by atoms with Gasteiger partial charge in [-0.15, -0.1) is 0 Å². The summed E-state index contributed by atoms with van der Waals surface area (Å²) in [4.78, 5) is 0. The minimum absolute atomic E-state index is 0.339. The van der Waals surface area contributed by atoms with Gasteiger partial charge in [-0.05, 0) is 74.7 Å². The molecule has 3 heteroatoms. The standard InChI is InChI=1S/C19H24N2S/c1-14-11-15(2)13-18(12-14)21-19(22)20-16(3)9-10-17-7-5-4-6-8-17/h4-8,11-13,16H,9-10H2,1-3H3,(H2,20,21,22)/t16-/m0/s1. The Bertz CT molecular complexity index is 602. The molecule has 2 aromatic rings. The molecule has 0 saturated carbocycles. The number of anilines is 1. The van der Waals surface area contributed by atoms with Crippen molar-refractivity contribution in [3.63, 3.8) is 0 Å². The first-order chi connectivity index (χ1) is 10.5. The molecule has 0 unspecified atom stereocenters. The minimum atomic E-state index is 0.339. The SMILES string of the molecule is Cc1cc(C)cc(NC(=S)N[C@@H](C)CCc2ccccc2)c1. The van der Waals surface area contributed by atoms with Crippen LogP contribution in [0.1, 0.15) is 30.0 Å². The van der Waals surface area contributed by atoms with Gasteiger partial charge in [0.05, 0.1) is 0 Å². The molecule has 0 aliphatic rings. The van der Waals surface area contributed by atoms with Crippen molar-refractivity contribution in [3.8, 4) is 0 Å². The normalized spacial score (nSPS) is 11.8. The van der Waals surface area contributed by atoms with Crippen molar-refractivity contribution < 1.29 is 0 Å². The Morgan fingerprint density at radius 2 is 1.68 bits per heavy atom. The maximum absolute atomic E-state index is 5.41. The molecule has 2 nitrogen and oxygen atoms in total. The first-order valence-corrected chi connectivity index (χ1v) is 8.13. The highest BCUT2D eigenvalue weighted by molar-refractivity contribution is 7.80. The number of hydrogen-bond acceptors (Lipinski definition) is 1. The van der Waals surface area contributed by atoms with Gasteiger partial charge in [-0.1, -0.05) is 36.4 Å². The van der Waals surface area contributed by atoms with Crippen molar-refractivity contribution in [2.75, 3.05) is 5.32 Å². The van der Waals surface area contributed by atoms with Gasteiger partial charge in [0.1, 0.15) is 0 Å². The first-order valence-electron chi connectivity index (χ1n) is 7.72. The monoisotopic (exact) mass is 312 g/mol. The number of hydrogen-bond donors (Lipinski definition) is 2. The van der Waals surface area contributed by atoms with Gasteiger partial charge in [0.2, 0.25) is 0 Å². The molecular weight excluding hydrogens is 288 g/mol. The van der Waals surface area contributed by atoms with E-state index < -0.39 is 0 Å². The van der Waals surface area contributed by atoms with Crippen molar-refractivity contribution in [2.45, 2.75) is 39.7 Å². The van der Waals surface area contributed by atoms with Gasteiger partial charge in [0, 0.05) is 11.7 Å². The summed E-state index contributed by atoms with van der Waals surface area (Å²) in [5.41, 5.74) is 4.89. The molecule has 0 aromatic heterocycles. The van der Waals surface area contributed by atoms with Crippen molar-refractivity contribution >= 4 is 23.0 Å². The third kappa shape index (κ3) is 5.49. The maximum Gasteiger partial charge on any atom is 0.170 e. The third-order valence-electron chi connectivity index (χ3n) is 3.57. The molecule has 1 atom stereocenters. The van der Waals surface area contributed by atoms with Crippen LogP contribution in [-0.4, -0.2) is 11.2 Å². The second kappa shape index (κ2) is 7.95. The molecule has 2 rings (SSSR count). The van der Waals surface area contributed by atoms with Gasteiger partial charge < -0.3 is 10.6 Å².